The Bertz CT molecular complexity index is 861. The Balaban J connectivity index is 1.36. The minimum atomic E-state index is -0.0853. The third-order valence-electron chi connectivity index (χ3n) is 5.10. The van der Waals surface area contributed by atoms with Gasteiger partial charge in [-0.1, -0.05) is 18.6 Å². The molecule has 27 heavy (non-hydrogen) atoms. The van der Waals surface area contributed by atoms with Gasteiger partial charge in [0.15, 0.2) is 0 Å². The van der Waals surface area contributed by atoms with Gasteiger partial charge < -0.3 is 9.88 Å². The van der Waals surface area contributed by atoms with Crippen molar-refractivity contribution in [1.29, 1.82) is 0 Å². The third kappa shape index (κ3) is 4.47. The van der Waals surface area contributed by atoms with Crippen LogP contribution >= 0.6 is 0 Å². The van der Waals surface area contributed by atoms with Crippen molar-refractivity contribution in [3.8, 4) is 5.69 Å². The Hall–Kier alpha value is -2.85. The normalized spacial score (nSPS) is 14.8. The van der Waals surface area contributed by atoms with Crippen LogP contribution < -0.4 is 5.32 Å². The summed E-state index contributed by atoms with van der Waals surface area (Å²) in [5, 5.41) is 2.98. The van der Waals surface area contributed by atoms with Gasteiger partial charge in [-0.25, -0.2) is 0 Å². The van der Waals surface area contributed by atoms with E-state index in [0.717, 1.165) is 17.9 Å². The highest BCUT2D eigenvalue weighted by molar-refractivity contribution is 6.04. The Kier molecular flexibility index (Phi) is 5.35. The number of amides is 1. The van der Waals surface area contributed by atoms with Crippen LogP contribution in [0.5, 0.6) is 0 Å². The SMILES string of the molecule is O=C(Nc1ccc(CN2CCCCC2)cc1)c1ccc(-n2cccc2)cc1. The van der Waals surface area contributed by atoms with E-state index in [1.54, 1.807) is 0 Å². The van der Waals surface area contributed by atoms with E-state index in [0.29, 0.717) is 5.56 Å². The Morgan fingerprint density at radius 2 is 1.52 bits per heavy atom. The van der Waals surface area contributed by atoms with Crippen LogP contribution in [0.15, 0.2) is 73.1 Å². The zero-order valence-corrected chi connectivity index (χ0v) is 15.5. The molecule has 0 saturated carbocycles. The lowest BCUT2D eigenvalue weighted by Gasteiger charge is -2.26. The molecule has 1 aliphatic rings. The number of hydrogen-bond acceptors (Lipinski definition) is 2. The van der Waals surface area contributed by atoms with E-state index >= 15 is 0 Å². The summed E-state index contributed by atoms with van der Waals surface area (Å²) in [6, 6.07) is 19.8. The largest absolute Gasteiger partial charge is 0.324 e. The van der Waals surface area contributed by atoms with Gasteiger partial charge in [0.1, 0.15) is 0 Å². The number of hydrogen-bond donors (Lipinski definition) is 1. The van der Waals surface area contributed by atoms with Gasteiger partial charge in [0.2, 0.25) is 0 Å². The third-order valence-corrected chi connectivity index (χ3v) is 5.10. The van der Waals surface area contributed by atoms with Crippen LogP contribution in [0.2, 0.25) is 0 Å². The molecule has 1 aromatic heterocycles. The van der Waals surface area contributed by atoms with E-state index in [1.807, 2.05) is 65.5 Å². The highest BCUT2D eigenvalue weighted by atomic mass is 16.1. The molecular formula is C23H25N3O. The van der Waals surface area contributed by atoms with Crippen molar-refractivity contribution < 1.29 is 4.79 Å². The zero-order chi connectivity index (χ0) is 18.5. The first-order valence-electron chi connectivity index (χ1n) is 9.64. The minimum Gasteiger partial charge on any atom is -0.324 e. The second-order valence-corrected chi connectivity index (χ2v) is 7.13. The molecule has 1 fully saturated rings. The van der Waals surface area contributed by atoms with Crippen molar-refractivity contribution in [2.45, 2.75) is 25.8 Å². The number of anilines is 1. The molecule has 0 spiro atoms. The van der Waals surface area contributed by atoms with Gasteiger partial charge in [-0.15, -0.1) is 0 Å². The van der Waals surface area contributed by atoms with Crippen LogP contribution in [-0.2, 0) is 6.54 Å². The molecule has 0 bridgehead atoms. The van der Waals surface area contributed by atoms with Crippen LogP contribution in [0.3, 0.4) is 0 Å². The van der Waals surface area contributed by atoms with Gasteiger partial charge in [-0.05, 0) is 80.0 Å². The number of rotatable bonds is 5. The number of carbonyl (C=O) groups is 1. The lowest BCUT2D eigenvalue weighted by Crippen LogP contribution is -2.29. The van der Waals surface area contributed by atoms with Crippen LogP contribution in [0.25, 0.3) is 5.69 Å². The first-order valence-corrected chi connectivity index (χ1v) is 9.64. The van der Waals surface area contributed by atoms with Gasteiger partial charge in [-0.3, -0.25) is 9.69 Å². The quantitative estimate of drug-likeness (QED) is 0.716. The lowest BCUT2D eigenvalue weighted by atomic mass is 10.1. The topological polar surface area (TPSA) is 37.3 Å². The molecule has 4 rings (SSSR count). The number of benzene rings is 2. The predicted molar refractivity (Wildman–Crippen MR) is 109 cm³/mol. The van der Waals surface area contributed by atoms with Gasteiger partial charge in [0.25, 0.3) is 5.91 Å². The highest BCUT2D eigenvalue weighted by Crippen LogP contribution is 2.16. The maximum Gasteiger partial charge on any atom is 0.255 e. The van der Waals surface area contributed by atoms with Crippen LogP contribution in [0.4, 0.5) is 5.69 Å². The van der Waals surface area contributed by atoms with E-state index in [-0.39, 0.29) is 5.91 Å². The smallest absolute Gasteiger partial charge is 0.255 e. The van der Waals surface area contributed by atoms with E-state index < -0.39 is 0 Å². The summed E-state index contributed by atoms with van der Waals surface area (Å²) in [6.07, 6.45) is 7.93. The minimum absolute atomic E-state index is 0.0853. The summed E-state index contributed by atoms with van der Waals surface area (Å²) in [4.78, 5) is 15.0. The first kappa shape index (κ1) is 17.6. The summed E-state index contributed by atoms with van der Waals surface area (Å²) >= 11 is 0. The number of nitrogens with one attached hydrogen (secondary N) is 1. The Morgan fingerprint density at radius 1 is 0.852 bits per heavy atom. The summed E-state index contributed by atoms with van der Waals surface area (Å²) in [7, 11) is 0. The molecule has 1 aliphatic heterocycles. The van der Waals surface area contributed by atoms with Crippen molar-refractivity contribution >= 4 is 11.6 Å². The fourth-order valence-corrected chi connectivity index (χ4v) is 3.56. The van der Waals surface area contributed by atoms with E-state index in [2.05, 4.69) is 22.3 Å². The molecule has 0 radical (unpaired) electrons. The number of carbonyl (C=O) groups excluding carboxylic acids is 1. The molecule has 0 aliphatic carbocycles. The molecule has 4 heteroatoms. The maximum absolute atomic E-state index is 12.5. The maximum atomic E-state index is 12.5. The highest BCUT2D eigenvalue weighted by Gasteiger charge is 2.11. The van der Waals surface area contributed by atoms with Crippen molar-refractivity contribution in [3.63, 3.8) is 0 Å². The molecule has 4 nitrogen and oxygen atoms in total. The molecule has 138 valence electrons. The molecule has 0 unspecified atom stereocenters. The van der Waals surface area contributed by atoms with E-state index in [9.17, 15) is 4.79 Å². The lowest BCUT2D eigenvalue weighted by molar-refractivity contribution is 0.102. The van der Waals surface area contributed by atoms with Crippen LogP contribution in [-0.4, -0.2) is 28.5 Å². The number of nitrogens with zero attached hydrogens (tertiary/aromatic N) is 2. The molecule has 2 aromatic carbocycles. The van der Waals surface area contributed by atoms with Crippen molar-refractivity contribution in [3.05, 3.63) is 84.2 Å². The fourth-order valence-electron chi connectivity index (χ4n) is 3.56. The van der Waals surface area contributed by atoms with E-state index in [4.69, 9.17) is 0 Å². The molecular weight excluding hydrogens is 334 g/mol. The molecule has 3 aromatic rings. The molecule has 1 N–H and O–H groups in total. The van der Waals surface area contributed by atoms with E-state index in [1.165, 1.54) is 37.9 Å². The monoisotopic (exact) mass is 359 g/mol. The summed E-state index contributed by atoms with van der Waals surface area (Å²) in [5.41, 5.74) is 3.82. The zero-order valence-electron chi connectivity index (χ0n) is 15.5. The predicted octanol–water partition coefficient (Wildman–Crippen LogP) is 4.72. The van der Waals surface area contributed by atoms with Crippen molar-refractivity contribution in [1.82, 2.24) is 9.47 Å². The van der Waals surface area contributed by atoms with Crippen molar-refractivity contribution in [2.24, 2.45) is 0 Å². The fraction of sp³-hybridized carbons (Fsp3) is 0.261. The molecule has 1 amide bonds. The number of likely N-dealkylation sites (tertiary alicyclic amines) is 1. The van der Waals surface area contributed by atoms with Gasteiger partial charge in [-0.2, -0.15) is 0 Å². The van der Waals surface area contributed by atoms with Gasteiger partial charge in [0, 0.05) is 35.9 Å². The number of aromatic nitrogens is 1. The first-order chi connectivity index (χ1) is 13.3. The Labute approximate surface area is 160 Å². The molecule has 0 atom stereocenters. The average Bonchev–Trinajstić information content (AvgIpc) is 3.25. The summed E-state index contributed by atoms with van der Waals surface area (Å²) in [6.45, 7) is 3.38. The van der Waals surface area contributed by atoms with Crippen LogP contribution in [0.1, 0.15) is 35.2 Å². The van der Waals surface area contributed by atoms with Crippen molar-refractivity contribution in [2.75, 3.05) is 18.4 Å². The number of piperidine rings is 1. The molecule has 1 saturated heterocycles. The summed E-state index contributed by atoms with van der Waals surface area (Å²) < 4.78 is 2.02. The molecule has 2 heterocycles. The second-order valence-electron chi connectivity index (χ2n) is 7.13. The Morgan fingerprint density at radius 3 is 2.19 bits per heavy atom. The van der Waals surface area contributed by atoms with Gasteiger partial charge >= 0.3 is 0 Å². The second kappa shape index (κ2) is 8.23. The van der Waals surface area contributed by atoms with Crippen LogP contribution in [0, 0.1) is 0 Å². The standard InChI is InChI=1S/C23H25N3O/c27-23(20-8-12-22(13-9-20)26-16-4-5-17-26)24-21-10-6-19(7-11-21)18-25-14-2-1-3-15-25/h4-13,16-17H,1-3,14-15,18H2,(H,24,27). The summed E-state index contributed by atoms with van der Waals surface area (Å²) in [5.74, 6) is -0.0853. The van der Waals surface area contributed by atoms with Gasteiger partial charge in [0.05, 0.1) is 0 Å². The average molecular weight is 359 g/mol.